The zero-order valence-corrected chi connectivity index (χ0v) is 17.1. The summed E-state index contributed by atoms with van der Waals surface area (Å²) in [6.45, 7) is 2.23. The molecule has 0 aliphatic heterocycles. The van der Waals surface area contributed by atoms with Gasteiger partial charge in [0.25, 0.3) is 0 Å². The van der Waals surface area contributed by atoms with Gasteiger partial charge in [0.05, 0.1) is 5.56 Å². The standard InChI is InChI=1S/C22H22N4O2S/c1-14-10-11-16-17(13-23)22(29-18(16)12-14)24-19(27)8-5-9-20-25-21(26-28-20)15-6-3-2-4-7-15/h2-4,6-7,14H,5,8-12H2,1H3,(H,24,27)/t14-/m0/s1. The summed E-state index contributed by atoms with van der Waals surface area (Å²) in [5.41, 5.74) is 2.68. The van der Waals surface area contributed by atoms with Crippen LogP contribution in [0, 0.1) is 17.2 Å². The lowest BCUT2D eigenvalue weighted by atomic mass is 9.88. The zero-order chi connectivity index (χ0) is 20.2. The van der Waals surface area contributed by atoms with Gasteiger partial charge in [0, 0.05) is 23.3 Å². The van der Waals surface area contributed by atoms with Crippen molar-refractivity contribution in [3.05, 3.63) is 52.2 Å². The van der Waals surface area contributed by atoms with E-state index in [0.29, 0.717) is 47.5 Å². The van der Waals surface area contributed by atoms with Crippen LogP contribution in [0.4, 0.5) is 5.00 Å². The summed E-state index contributed by atoms with van der Waals surface area (Å²) in [4.78, 5) is 18.0. The first-order chi connectivity index (χ1) is 14.1. The molecule has 0 unspecified atom stereocenters. The molecule has 1 aliphatic rings. The molecule has 1 N–H and O–H groups in total. The summed E-state index contributed by atoms with van der Waals surface area (Å²) in [5.74, 6) is 1.62. The highest BCUT2D eigenvalue weighted by atomic mass is 32.1. The molecule has 1 amide bonds. The molecule has 0 spiro atoms. The molecule has 148 valence electrons. The Labute approximate surface area is 173 Å². The topological polar surface area (TPSA) is 91.8 Å². The van der Waals surface area contributed by atoms with Crippen LogP contribution < -0.4 is 5.32 Å². The summed E-state index contributed by atoms with van der Waals surface area (Å²) >= 11 is 1.55. The van der Waals surface area contributed by atoms with E-state index in [9.17, 15) is 10.1 Å². The monoisotopic (exact) mass is 406 g/mol. The third kappa shape index (κ3) is 4.38. The smallest absolute Gasteiger partial charge is 0.226 e. The van der Waals surface area contributed by atoms with Gasteiger partial charge in [0.1, 0.15) is 11.1 Å². The number of nitrogens with one attached hydrogen (secondary N) is 1. The van der Waals surface area contributed by atoms with Crippen molar-refractivity contribution in [1.29, 1.82) is 5.26 Å². The Bertz CT molecular complexity index is 1050. The summed E-state index contributed by atoms with van der Waals surface area (Å²) < 4.78 is 5.29. The molecule has 2 aromatic heterocycles. The first-order valence-electron chi connectivity index (χ1n) is 9.86. The van der Waals surface area contributed by atoms with Gasteiger partial charge < -0.3 is 9.84 Å². The molecule has 2 heterocycles. The molecular weight excluding hydrogens is 384 g/mol. The summed E-state index contributed by atoms with van der Waals surface area (Å²) in [7, 11) is 0. The molecule has 0 saturated heterocycles. The quantitative estimate of drug-likeness (QED) is 0.637. The highest BCUT2D eigenvalue weighted by Gasteiger charge is 2.24. The molecule has 0 saturated carbocycles. The lowest BCUT2D eigenvalue weighted by molar-refractivity contribution is -0.116. The Hall–Kier alpha value is -2.98. The molecule has 3 aromatic rings. The van der Waals surface area contributed by atoms with Crippen molar-refractivity contribution < 1.29 is 9.32 Å². The average molecular weight is 407 g/mol. The highest BCUT2D eigenvalue weighted by Crippen LogP contribution is 2.39. The maximum Gasteiger partial charge on any atom is 0.226 e. The number of thiophene rings is 1. The van der Waals surface area contributed by atoms with Crippen LogP contribution in [0.15, 0.2) is 34.9 Å². The van der Waals surface area contributed by atoms with Crippen molar-refractivity contribution in [2.45, 2.75) is 45.4 Å². The number of carbonyl (C=O) groups is 1. The maximum absolute atomic E-state index is 12.4. The van der Waals surface area contributed by atoms with Crippen LogP contribution in [0.1, 0.15) is 48.1 Å². The van der Waals surface area contributed by atoms with Crippen LogP contribution in [0.25, 0.3) is 11.4 Å². The normalized spacial score (nSPS) is 15.5. The summed E-state index contributed by atoms with van der Waals surface area (Å²) in [6, 6.07) is 11.9. The second kappa shape index (κ2) is 8.58. The first kappa shape index (κ1) is 19.3. The van der Waals surface area contributed by atoms with Gasteiger partial charge in [-0.2, -0.15) is 10.2 Å². The Balaban J connectivity index is 1.32. The molecule has 1 aromatic carbocycles. The van der Waals surface area contributed by atoms with E-state index >= 15 is 0 Å². The fraction of sp³-hybridized carbons (Fsp3) is 0.364. The zero-order valence-electron chi connectivity index (χ0n) is 16.3. The number of benzene rings is 1. The maximum atomic E-state index is 12.4. The van der Waals surface area contributed by atoms with E-state index in [1.165, 1.54) is 4.88 Å². The predicted molar refractivity (Wildman–Crippen MR) is 112 cm³/mol. The summed E-state index contributed by atoms with van der Waals surface area (Å²) in [6.07, 6.45) is 4.50. The molecule has 29 heavy (non-hydrogen) atoms. The van der Waals surface area contributed by atoms with Crippen LogP contribution in [0.2, 0.25) is 0 Å². The molecule has 7 heteroatoms. The Morgan fingerprint density at radius 2 is 2.21 bits per heavy atom. The minimum atomic E-state index is -0.0871. The largest absolute Gasteiger partial charge is 0.339 e. The van der Waals surface area contributed by atoms with Crippen molar-refractivity contribution in [2.75, 3.05) is 5.32 Å². The number of hydrogen-bond acceptors (Lipinski definition) is 6. The SMILES string of the molecule is C[C@H]1CCc2c(sc(NC(=O)CCCc3nc(-c4ccccc4)no3)c2C#N)C1. The lowest BCUT2D eigenvalue weighted by Gasteiger charge is -2.17. The number of hydrogen-bond donors (Lipinski definition) is 1. The van der Waals surface area contributed by atoms with Crippen molar-refractivity contribution in [1.82, 2.24) is 10.1 Å². The van der Waals surface area contributed by atoms with Crippen LogP contribution in [0.5, 0.6) is 0 Å². The number of rotatable bonds is 6. The van der Waals surface area contributed by atoms with Gasteiger partial charge in [-0.3, -0.25) is 4.79 Å². The van der Waals surface area contributed by atoms with Gasteiger partial charge in [0.2, 0.25) is 17.6 Å². The van der Waals surface area contributed by atoms with E-state index < -0.39 is 0 Å². The van der Waals surface area contributed by atoms with Crippen molar-refractivity contribution >= 4 is 22.2 Å². The second-order valence-electron chi connectivity index (χ2n) is 7.45. The van der Waals surface area contributed by atoms with E-state index in [4.69, 9.17) is 4.52 Å². The number of amides is 1. The molecule has 6 nitrogen and oxygen atoms in total. The van der Waals surface area contributed by atoms with Crippen LogP contribution in [-0.4, -0.2) is 16.0 Å². The predicted octanol–water partition coefficient (Wildman–Crippen LogP) is 4.76. The van der Waals surface area contributed by atoms with E-state index in [1.807, 2.05) is 30.3 Å². The third-order valence-corrected chi connectivity index (χ3v) is 6.34. The lowest BCUT2D eigenvalue weighted by Crippen LogP contribution is -2.12. The minimum Gasteiger partial charge on any atom is -0.339 e. The number of nitrogens with zero attached hydrogens (tertiary/aromatic N) is 3. The molecule has 0 bridgehead atoms. The third-order valence-electron chi connectivity index (χ3n) is 5.17. The van der Waals surface area contributed by atoms with Gasteiger partial charge in [-0.05, 0) is 37.2 Å². The molecule has 0 radical (unpaired) electrons. The van der Waals surface area contributed by atoms with Crippen molar-refractivity contribution in [2.24, 2.45) is 5.92 Å². The Kier molecular flexibility index (Phi) is 5.72. The number of carbonyl (C=O) groups excluding carboxylic acids is 1. The van der Waals surface area contributed by atoms with Crippen LogP contribution in [0.3, 0.4) is 0 Å². The number of aromatic nitrogens is 2. The molecule has 4 rings (SSSR count). The van der Waals surface area contributed by atoms with Crippen LogP contribution in [-0.2, 0) is 24.1 Å². The van der Waals surface area contributed by atoms with E-state index in [-0.39, 0.29) is 5.91 Å². The fourth-order valence-electron chi connectivity index (χ4n) is 3.61. The van der Waals surface area contributed by atoms with Gasteiger partial charge in [-0.25, -0.2) is 0 Å². The highest BCUT2D eigenvalue weighted by molar-refractivity contribution is 7.16. The number of fused-ring (bicyclic) bond motifs is 1. The van der Waals surface area contributed by atoms with Gasteiger partial charge in [-0.15, -0.1) is 11.3 Å². The Morgan fingerprint density at radius 1 is 1.38 bits per heavy atom. The number of aryl methyl sites for hydroxylation is 1. The second-order valence-corrected chi connectivity index (χ2v) is 8.55. The summed E-state index contributed by atoms with van der Waals surface area (Å²) in [5, 5.41) is 17.2. The van der Waals surface area contributed by atoms with Gasteiger partial charge >= 0.3 is 0 Å². The van der Waals surface area contributed by atoms with Crippen molar-refractivity contribution in [3.8, 4) is 17.5 Å². The van der Waals surface area contributed by atoms with Crippen molar-refractivity contribution in [3.63, 3.8) is 0 Å². The molecule has 0 fully saturated rings. The molecular formula is C22H22N4O2S. The van der Waals surface area contributed by atoms with E-state index in [1.54, 1.807) is 11.3 Å². The van der Waals surface area contributed by atoms with Gasteiger partial charge in [0.15, 0.2) is 0 Å². The first-order valence-corrected chi connectivity index (χ1v) is 10.7. The van der Waals surface area contributed by atoms with Crippen LogP contribution >= 0.6 is 11.3 Å². The minimum absolute atomic E-state index is 0.0871. The molecule has 1 aliphatic carbocycles. The van der Waals surface area contributed by atoms with Gasteiger partial charge in [-0.1, -0.05) is 42.4 Å². The van der Waals surface area contributed by atoms with E-state index in [2.05, 4.69) is 28.5 Å². The number of anilines is 1. The number of nitriles is 1. The Morgan fingerprint density at radius 3 is 3.00 bits per heavy atom. The van der Waals surface area contributed by atoms with E-state index in [0.717, 1.165) is 30.4 Å². The average Bonchev–Trinajstić information content (AvgIpc) is 3.32. The fourth-order valence-corrected chi connectivity index (χ4v) is 4.98. The molecule has 1 atom stereocenters.